The van der Waals surface area contributed by atoms with Crippen LogP contribution in [0.1, 0.15) is 5.56 Å². The molecule has 0 spiro atoms. The van der Waals surface area contributed by atoms with Gasteiger partial charge < -0.3 is 14.8 Å². The van der Waals surface area contributed by atoms with E-state index >= 15 is 0 Å². The molecule has 0 aliphatic carbocycles. The standard InChI is InChI=1S/C10H9BF6O3/c12-9(13,14)8(10(15,16)17)20-5-6-2-1-3-7(4-6)11(18)19/h1-4,8,18-19H,5H2. The van der Waals surface area contributed by atoms with Crippen LogP contribution in [0.3, 0.4) is 0 Å². The van der Waals surface area contributed by atoms with E-state index in [-0.39, 0.29) is 11.0 Å². The summed E-state index contributed by atoms with van der Waals surface area (Å²) in [6.45, 7) is -0.968. The summed E-state index contributed by atoms with van der Waals surface area (Å²) in [5, 5.41) is 17.7. The van der Waals surface area contributed by atoms with Crippen LogP contribution in [-0.2, 0) is 11.3 Å². The van der Waals surface area contributed by atoms with Crippen LogP contribution in [0.2, 0.25) is 0 Å². The van der Waals surface area contributed by atoms with Crippen LogP contribution < -0.4 is 5.46 Å². The monoisotopic (exact) mass is 302 g/mol. The molecule has 0 amide bonds. The summed E-state index contributed by atoms with van der Waals surface area (Å²) in [5.41, 5.74) is -0.115. The highest BCUT2D eigenvalue weighted by molar-refractivity contribution is 6.58. The summed E-state index contributed by atoms with van der Waals surface area (Å²) < 4.78 is 77.1. The summed E-state index contributed by atoms with van der Waals surface area (Å²) in [7, 11) is -1.88. The zero-order valence-corrected chi connectivity index (χ0v) is 9.74. The molecule has 3 nitrogen and oxygen atoms in total. The minimum Gasteiger partial charge on any atom is -0.423 e. The Morgan fingerprint density at radius 2 is 1.60 bits per heavy atom. The third-order valence-electron chi connectivity index (χ3n) is 2.26. The molecule has 0 heterocycles. The second-order valence-electron chi connectivity index (χ2n) is 3.89. The van der Waals surface area contributed by atoms with Crippen molar-refractivity contribution in [2.24, 2.45) is 0 Å². The van der Waals surface area contributed by atoms with Crippen LogP contribution in [0.5, 0.6) is 0 Å². The molecule has 0 aliphatic heterocycles. The maximum Gasteiger partial charge on any atom is 0.488 e. The van der Waals surface area contributed by atoms with Gasteiger partial charge in [0.15, 0.2) is 0 Å². The zero-order valence-electron chi connectivity index (χ0n) is 9.74. The zero-order chi connectivity index (χ0) is 15.6. The van der Waals surface area contributed by atoms with E-state index in [2.05, 4.69) is 4.74 Å². The lowest BCUT2D eigenvalue weighted by Crippen LogP contribution is -2.44. The number of ether oxygens (including phenoxy) is 1. The lowest BCUT2D eigenvalue weighted by molar-refractivity contribution is -0.324. The van der Waals surface area contributed by atoms with Gasteiger partial charge in [0.05, 0.1) is 6.61 Å². The van der Waals surface area contributed by atoms with Gasteiger partial charge in [0.25, 0.3) is 0 Å². The predicted octanol–water partition coefficient (Wildman–Crippen LogP) is 1.38. The van der Waals surface area contributed by atoms with Gasteiger partial charge in [-0.3, -0.25) is 0 Å². The smallest absolute Gasteiger partial charge is 0.423 e. The van der Waals surface area contributed by atoms with Crippen molar-refractivity contribution in [3.8, 4) is 0 Å². The number of benzene rings is 1. The fourth-order valence-corrected chi connectivity index (χ4v) is 1.40. The van der Waals surface area contributed by atoms with Crippen molar-refractivity contribution in [3.05, 3.63) is 29.8 Å². The lowest BCUT2D eigenvalue weighted by Gasteiger charge is -2.23. The van der Waals surface area contributed by atoms with E-state index in [0.717, 1.165) is 6.07 Å². The van der Waals surface area contributed by atoms with Crippen molar-refractivity contribution >= 4 is 12.6 Å². The molecule has 0 aliphatic rings. The van der Waals surface area contributed by atoms with Crippen molar-refractivity contribution in [2.45, 2.75) is 25.1 Å². The summed E-state index contributed by atoms with van der Waals surface area (Å²) >= 11 is 0. The third kappa shape index (κ3) is 4.69. The number of halogens is 6. The van der Waals surface area contributed by atoms with E-state index in [1.165, 1.54) is 18.2 Å². The minimum absolute atomic E-state index is 0.0471. The molecule has 112 valence electrons. The number of rotatable bonds is 4. The Labute approximate surface area is 109 Å². The Kier molecular flexibility index (Phi) is 5.06. The van der Waals surface area contributed by atoms with Gasteiger partial charge in [-0.15, -0.1) is 0 Å². The van der Waals surface area contributed by atoms with Crippen LogP contribution in [-0.4, -0.2) is 35.6 Å². The van der Waals surface area contributed by atoms with Gasteiger partial charge in [0, 0.05) is 0 Å². The van der Waals surface area contributed by atoms with E-state index in [9.17, 15) is 26.3 Å². The molecule has 0 radical (unpaired) electrons. The molecule has 0 atom stereocenters. The van der Waals surface area contributed by atoms with Crippen LogP contribution in [0, 0.1) is 0 Å². The molecular formula is C10H9BF6O3. The van der Waals surface area contributed by atoms with Crippen LogP contribution in [0.25, 0.3) is 0 Å². The summed E-state index contributed by atoms with van der Waals surface area (Å²) in [5.74, 6) is 0. The van der Waals surface area contributed by atoms with Crippen molar-refractivity contribution in [1.29, 1.82) is 0 Å². The minimum atomic E-state index is -5.58. The molecular weight excluding hydrogens is 293 g/mol. The highest BCUT2D eigenvalue weighted by Gasteiger charge is 2.57. The molecule has 1 aromatic rings. The summed E-state index contributed by atoms with van der Waals surface area (Å²) in [6.07, 6.45) is -15.0. The quantitative estimate of drug-likeness (QED) is 0.652. The lowest BCUT2D eigenvalue weighted by atomic mass is 9.80. The predicted molar refractivity (Wildman–Crippen MR) is 57.0 cm³/mol. The summed E-state index contributed by atoms with van der Waals surface area (Å²) in [4.78, 5) is 0. The fourth-order valence-electron chi connectivity index (χ4n) is 1.40. The molecule has 1 rings (SSSR count). The Morgan fingerprint density at radius 3 is 2.05 bits per heavy atom. The van der Waals surface area contributed by atoms with Crippen molar-refractivity contribution in [1.82, 2.24) is 0 Å². The third-order valence-corrected chi connectivity index (χ3v) is 2.26. The normalized spacial score (nSPS) is 12.8. The molecule has 0 bridgehead atoms. The molecule has 0 aromatic heterocycles. The Morgan fingerprint density at radius 1 is 1.05 bits per heavy atom. The fraction of sp³-hybridized carbons (Fsp3) is 0.400. The largest absolute Gasteiger partial charge is 0.488 e. The first-order valence-electron chi connectivity index (χ1n) is 5.22. The molecule has 0 fully saturated rings. The summed E-state index contributed by atoms with van der Waals surface area (Å²) in [6, 6.07) is 4.74. The first kappa shape index (κ1) is 16.8. The van der Waals surface area contributed by atoms with Gasteiger partial charge in [0.1, 0.15) is 0 Å². The van der Waals surface area contributed by atoms with Gasteiger partial charge >= 0.3 is 19.5 Å². The molecule has 0 saturated carbocycles. The van der Waals surface area contributed by atoms with E-state index in [1.54, 1.807) is 0 Å². The second-order valence-corrected chi connectivity index (χ2v) is 3.89. The van der Waals surface area contributed by atoms with E-state index in [0.29, 0.717) is 0 Å². The first-order valence-corrected chi connectivity index (χ1v) is 5.22. The maximum atomic E-state index is 12.2. The van der Waals surface area contributed by atoms with E-state index in [4.69, 9.17) is 10.0 Å². The Bertz CT molecular complexity index is 431. The maximum absolute atomic E-state index is 12.2. The molecule has 20 heavy (non-hydrogen) atoms. The van der Waals surface area contributed by atoms with Gasteiger partial charge in [-0.25, -0.2) is 0 Å². The highest BCUT2D eigenvalue weighted by atomic mass is 19.4. The van der Waals surface area contributed by atoms with Crippen LogP contribution in [0.4, 0.5) is 26.3 Å². The van der Waals surface area contributed by atoms with Gasteiger partial charge in [0.2, 0.25) is 6.10 Å². The number of hydrogen-bond donors (Lipinski definition) is 2. The average Bonchev–Trinajstić information content (AvgIpc) is 2.25. The first-order chi connectivity index (χ1) is 9.01. The van der Waals surface area contributed by atoms with Crippen molar-refractivity contribution in [3.63, 3.8) is 0 Å². The number of alkyl halides is 6. The molecule has 1 aromatic carbocycles. The average molecular weight is 302 g/mol. The Hall–Kier alpha value is -1.26. The van der Waals surface area contributed by atoms with Crippen LogP contribution >= 0.6 is 0 Å². The van der Waals surface area contributed by atoms with E-state index < -0.39 is 32.2 Å². The van der Waals surface area contributed by atoms with Gasteiger partial charge in [-0.05, 0) is 11.0 Å². The van der Waals surface area contributed by atoms with Gasteiger partial charge in [-0.2, -0.15) is 26.3 Å². The topological polar surface area (TPSA) is 49.7 Å². The van der Waals surface area contributed by atoms with Crippen molar-refractivity contribution < 1.29 is 41.1 Å². The molecule has 2 N–H and O–H groups in total. The Balaban J connectivity index is 2.81. The van der Waals surface area contributed by atoms with Gasteiger partial charge in [-0.1, -0.05) is 24.3 Å². The second kappa shape index (κ2) is 6.02. The van der Waals surface area contributed by atoms with Crippen LogP contribution in [0.15, 0.2) is 24.3 Å². The number of hydrogen-bond acceptors (Lipinski definition) is 3. The molecule has 0 saturated heterocycles. The molecule has 10 heteroatoms. The van der Waals surface area contributed by atoms with E-state index in [1.807, 2.05) is 0 Å². The SMILES string of the molecule is OB(O)c1cccc(COC(C(F)(F)F)C(F)(F)F)c1. The van der Waals surface area contributed by atoms with Crippen molar-refractivity contribution in [2.75, 3.05) is 0 Å². The highest BCUT2D eigenvalue weighted by Crippen LogP contribution is 2.36. The molecule has 0 unspecified atom stereocenters.